The zero-order valence-corrected chi connectivity index (χ0v) is 13.8. The molecule has 5 nitrogen and oxygen atoms in total. The molecule has 0 fully saturated rings. The Balaban J connectivity index is 1.74. The standard InChI is InChI=1S/C18H17N3O2S/c19-15-12-9-11-13(7-4-8-14(11)22)21-18(12)24-16(15)17(23)20-10-5-2-1-3-6-10/h1-3,5-6,9,14,22H,4,7-8,19H2,(H,20,23). The van der Waals surface area contributed by atoms with Crippen LogP contribution in [-0.4, -0.2) is 16.0 Å². The van der Waals surface area contributed by atoms with Crippen LogP contribution in [0.4, 0.5) is 11.4 Å². The summed E-state index contributed by atoms with van der Waals surface area (Å²) >= 11 is 1.30. The third-order valence-electron chi connectivity index (χ3n) is 4.32. The molecule has 4 N–H and O–H groups in total. The van der Waals surface area contributed by atoms with Gasteiger partial charge < -0.3 is 16.2 Å². The van der Waals surface area contributed by atoms with E-state index in [1.54, 1.807) is 0 Å². The predicted octanol–water partition coefficient (Wildman–Crippen LogP) is 3.50. The van der Waals surface area contributed by atoms with Gasteiger partial charge in [-0.2, -0.15) is 0 Å². The molecule has 3 aromatic rings. The number of nitrogens with one attached hydrogen (secondary N) is 1. The van der Waals surface area contributed by atoms with Gasteiger partial charge in [0.2, 0.25) is 0 Å². The van der Waals surface area contributed by atoms with Crippen molar-refractivity contribution in [1.29, 1.82) is 0 Å². The molecule has 2 aromatic heterocycles. The molecule has 0 saturated heterocycles. The lowest BCUT2D eigenvalue weighted by Crippen LogP contribution is -2.12. The second kappa shape index (κ2) is 5.89. The fraction of sp³-hybridized carbons (Fsp3) is 0.222. The maximum Gasteiger partial charge on any atom is 0.267 e. The lowest BCUT2D eigenvalue weighted by molar-refractivity contribution is 0.103. The van der Waals surface area contributed by atoms with Crippen LogP contribution in [0.5, 0.6) is 0 Å². The molecule has 0 bridgehead atoms. The number of thiophene rings is 1. The summed E-state index contributed by atoms with van der Waals surface area (Å²) in [6.07, 6.45) is 2.03. The van der Waals surface area contributed by atoms with Gasteiger partial charge in [-0.3, -0.25) is 4.79 Å². The van der Waals surface area contributed by atoms with Crippen molar-refractivity contribution < 1.29 is 9.90 Å². The van der Waals surface area contributed by atoms with Gasteiger partial charge in [0, 0.05) is 22.3 Å². The van der Waals surface area contributed by atoms with Crippen LogP contribution in [0, 0.1) is 0 Å². The summed E-state index contributed by atoms with van der Waals surface area (Å²) < 4.78 is 0. The fourth-order valence-corrected chi connectivity index (χ4v) is 4.07. The van der Waals surface area contributed by atoms with E-state index in [1.807, 2.05) is 36.4 Å². The van der Waals surface area contributed by atoms with Crippen molar-refractivity contribution in [1.82, 2.24) is 4.98 Å². The number of amides is 1. The van der Waals surface area contributed by atoms with E-state index in [2.05, 4.69) is 10.3 Å². The van der Waals surface area contributed by atoms with Gasteiger partial charge in [-0.05, 0) is 37.5 Å². The second-order valence-corrected chi connectivity index (χ2v) is 6.95. The van der Waals surface area contributed by atoms with Gasteiger partial charge in [0.25, 0.3) is 5.91 Å². The fourth-order valence-electron chi connectivity index (χ4n) is 3.08. The summed E-state index contributed by atoms with van der Waals surface area (Å²) in [7, 11) is 0. The molecule has 122 valence electrons. The lowest BCUT2D eigenvalue weighted by atomic mass is 9.93. The number of nitrogens with two attached hydrogens (primary N) is 1. The molecule has 0 aliphatic heterocycles. The van der Waals surface area contributed by atoms with Crippen LogP contribution in [0.1, 0.15) is 39.9 Å². The maximum absolute atomic E-state index is 12.5. The molecule has 1 aromatic carbocycles. The summed E-state index contributed by atoms with van der Waals surface area (Å²) in [5, 5.41) is 13.8. The molecule has 0 saturated carbocycles. The molecule has 2 heterocycles. The number of aromatic nitrogens is 1. The summed E-state index contributed by atoms with van der Waals surface area (Å²) in [5.74, 6) is -0.236. The highest BCUT2D eigenvalue weighted by molar-refractivity contribution is 7.21. The Hall–Kier alpha value is -2.44. The van der Waals surface area contributed by atoms with Crippen molar-refractivity contribution >= 4 is 38.8 Å². The Bertz CT molecular complexity index is 921. The van der Waals surface area contributed by atoms with Crippen LogP contribution in [0.15, 0.2) is 36.4 Å². The first kappa shape index (κ1) is 15.1. The normalized spacial score (nSPS) is 16.8. The monoisotopic (exact) mass is 339 g/mol. The number of aliphatic hydroxyl groups excluding tert-OH is 1. The zero-order valence-electron chi connectivity index (χ0n) is 13.0. The highest BCUT2D eigenvalue weighted by Gasteiger charge is 2.23. The summed E-state index contributed by atoms with van der Waals surface area (Å²) in [6, 6.07) is 11.2. The van der Waals surface area contributed by atoms with Gasteiger partial charge in [0.1, 0.15) is 9.71 Å². The average molecular weight is 339 g/mol. The van der Waals surface area contributed by atoms with Gasteiger partial charge in [0.05, 0.1) is 11.8 Å². The molecule has 1 amide bonds. The Morgan fingerprint density at radius 3 is 2.92 bits per heavy atom. The number of rotatable bonds is 2. The number of fused-ring (bicyclic) bond motifs is 2. The van der Waals surface area contributed by atoms with Crippen LogP contribution in [0.25, 0.3) is 10.2 Å². The van der Waals surface area contributed by atoms with E-state index in [9.17, 15) is 9.90 Å². The van der Waals surface area contributed by atoms with Crippen LogP contribution >= 0.6 is 11.3 Å². The number of aliphatic hydroxyl groups is 1. The van der Waals surface area contributed by atoms with Gasteiger partial charge in [-0.15, -0.1) is 11.3 Å². The summed E-state index contributed by atoms with van der Waals surface area (Å²) in [6.45, 7) is 0. The number of hydrogen-bond donors (Lipinski definition) is 3. The van der Waals surface area contributed by atoms with E-state index >= 15 is 0 Å². The number of carbonyl (C=O) groups is 1. The Kier molecular flexibility index (Phi) is 3.70. The van der Waals surface area contributed by atoms with Crippen molar-refractivity contribution in [3.8, 4) is 0 Å². The van der Waals surface area contributed by atoms with E-state index in [4.69, 9.17) is 5.73 Å². The van der Waals surface area contributed by atoms with Crippen molar-refractivity contribution in [3.05, 3.63) is 52.5 Å². The van der Waals surface area contributed by atoms with E-state index in [-0.39, 0.29) is 5.91 Å². The number of pyridine rings is 1. The minimum absolute atomic E-state index is 0.236. The molecule has 1 aliphatic rings. The molecule has 1 aliphatic carbocycles. The number of nitrogen functional groups attached to an aromatic ring is 1. The van der Waals surface area contributed by atoms with Crippen molar-refractivity contribution in [3.63, 3.8) is 0 Å². The summed E-state index contributed by atoms with van der Waals surface area (Å²) in [4.78, 5) is 18.4. The van der Waals surface area contributed by atoms with Crippen LogP contribution in [0.2, 0.25) is 0 Å². The van der Waals surface area contributed by atoms with Gasteiger partial charge in [0.15, 0.2) is 0 Å². The van der Waals surface area contributed by atoms with Crippen molar-refractivity contribution in [2.75, 3.05) is 11.1 Å². The quantitative estimate of drug-likeness (QED) is 0.667. The van der Waals surface area contributed by atoms with Gasteiger partial charge in [-0.1, -0.05) is 18.2 Å². The molecular formula is C18H17N3O2S. The minimum atomic E-state index is -0.494. The van der Waals surface area contributed by atoms with E-state index in [0.717, 1.165) is 46.4 Å². The third kappa shape index (κ3) is 2.53. The van der Waals surface area contributed by atoms with Gasteiger partial charge in [-0.25, -0.2) is 4.98 Å². The van der Waals surface area contributed by atoms with Crippen LogP contribution in [0.3, 0.4) is 0 Å². The first-order valence-corrected chi connectivity index (χ1v) is 8.71. The first-order valence-electron chi connectivity index (χ1n) is 7.89. The van der Waals surface area contributed by atoms with E-state index in [1.165, 1.54) is 11.3 Å². The number of aryl methyl sites for hydroxylation is 1. The molecule has 24 heavy (non-hydrogen) atoms. The smallest absolute Gasteiger partial charge is 0.267 e. The summed E-state index contributed by atoms with van der Waals surface area (Å²) in [5.41, 5.74) is 9.11. The minimum Gasteiger partial charge on any atom is -0.397 e. The Labute approximate surface area is 143 Å². The molecule has 0 radical (unpaired) electrons. The molecule has 1 unspecified atom stereocenters. The largest absolute Gasteiger partial charge is 0.397 e. The topological polar surface area (TPSA) is 88.2 Å². The SMILES string of the molecule is Nc1c(C(=O)Nc2ccccc2)sc2nc3c(cc12)C(O)CCC3. The Morgan fingerprint density at radius 1 is 1.33 bits per heavy atom. The van der Waals surface area contributed by atoms with Crippen LogP contribution in [-0.2, 0) is 6.42 Å². The van der Waals surface area contributed by atoms with E-state index in [0.29, 0.717) is 10.6 Å². The van der Waals surface area contributed by atoms with E-state index < -0.39 is 6.10 Å². The highest BCUT2D eigenvalue weighted by Crippen LogP contribution is 2.38. The van der Waals surface area contributed by atoms with Gasteiger partial charge >= 0.3 is 0 Å². The predicted molar refractivity (Wildman–Crippen MR) is 96.3 cm³/mol. The van der Waals surface area contributed by atoms with Crippen LogP contribution < -0.4 is 11.1 Å². The molecule has 6 heteroatoms. The highest BCUT2D eigenvalue weighted by atomic mass is 32.1. The van der Waals surface area contributed by atoms with Crippen molar-refractivity contribution in [2.45, 2.75) is 25.4 Å². The lowest BCUT2D eigenvalue weighted by Gasteiger charge is -2.20. The Morgan fingerprint density at radius 2 is 2.12 bits per heavy atom. The molecular weight excluding hydrogens is 322 g/mol. The third-order valence-corrected chi connectivity index (χ3v) is 5.44. The molecule has 0 spiro atoms. The number of anilines is 2. The molecule has 4 rings (SSSR count). The number of benzene rings is 1. The van der Waals surface area contributed by atoms with Crippen molar-refractivity contribution in [2.24, 2.45) is 0 Å². The zero-order chi connectivity index (χ0) is 16.7. The average Bonchev–Trinajstić information content (AvgIpc) is 2.91. The number of carbonyl (C=O) groups excluding carboxylic acids is 1. The second-order valence-electron chi connectivity index (χ2n) is 5.95. The number of para-hydroxylation sites is 1. The number of hydrogen-bond acceptors (Lipinski definition) is 5. The first-order chi connectivity index (χ1) is 11.6. The maximum atomic E-state index is 12.5. The number of nitrogens with zero attached hydrogens (tertiary/aromatic N) is 1. The molecule has 1 atom stereocenters.